The van der Waals surface area contributed by atoms with Gasteiger partial charge < -0.3 is 47.1 Å². The van der Waals surface area contributed by atoms with Gasteiger partial charge in [-0.15, -0.1) is 0 Å². The fraction of sp³-hybridized carbons (Fsp3) is 0.833. The molecule has 0 aromatic rings. The van der Waals surface area contributed by atoms with Crippen molar-refractivity contribution in [1.29, 1.82) is 0 Å². The molecule has 13 heteroatoms. The molecular weight excluding hydrogens is 414 g/mol. The van der Waals surface area contributed by atoms with Crippen LogP contribution >= 0.6 is 0 Å². The molecule has 0 aliphatic carbocycles. The molecule has 184 valence electrons. The predicted molar refractivity (Wildman–Crippen MR) is 112 cm³/mol. The van der Waals surface area contributed by atoms with Gasteiger partial charge in [-0.1, -0.05) is 0 Å². The van der Waals surface area contributed by atoms with E-state index in [-0.39, 0.29) is 38.1 Å². The van der Waals surface area contributed by atoms with Gasteiger partial charge >= 0.3 is 18.3 Å². The van der Waals surface area contributed by atoms with Gasteiger partial charge in [0.25, 0.3) is 0 Å². The van der Waals surface area contributed by atoms with Crippen LogP contribution in [0.15, 0.2) is 0 Å². The minimum Gasteiger partial charge on any atom is -0.449 e. The summed E-state index contributed by atoms with van der Waals surface area (Å²) < 4.78 is 4.53. The topological polar surface area (TPSA) is 218 Å². The molecule has 2 aliphatic heterocycles. The average Bonchev–Trinajstić information content (AvgIpc) is 2.77. The van der Waals surface area contributed by atoms with Gasteiger partial charge in [0.05, 0.1) is 6.61 Å². The molecule has 3 amide bonds. The number of amides is 3. The number of cyclic esters (lactones) is 1. The number of alkyl carbamates (subject to hydrolysis) is 1. The van der Waals surface area contributed by atoms with E-state index in [0.29, 0.717) is 32.7 Å². The Morgan fingerprint density at radius 2 is 1.42 bits per heavy atom. The first kappa shape index (κ1) is 33.4. The molecule has 0 spiro atoms. The summed E-state index contributed by atoms with van der Waals surface area (Å²) in [7, 11) is 0. The van der Waals surface area contributed by atoms with E-state index in [1.54, 1.807) is 4.90 Å². The maximum absolute atomic E-state index is 11.0. The largest absolute Gasteiger partial charge is 0.449 e. The van der Waals surface area contributed by atoms with Crippen LogP contribution in [0.25, 0.3) is 0 Å². The number of nitrogens with one attached hydrogen (secondary N) is 2. The Morgan fingerprint density at radius 1 is 0.903 bits per heavy atom. The summed E-state index contributed by atoms with van der Waals surface area (Å²) in [5.74, 6) is 0. The lowest BCUT2D eigenvalue weighted by atomic mass is 10.3. The number of hydrogen-bond acceptors (Lipinski definition) is 10. The lowest BCUT2D eigenvalue weighted by Gasteiger charge is -2.26. The zero-order chi connectivity index (χ0) is 24.2. The van der Waals surface area contributed by atoms with Gasteiger partial charge in [-0.25, -0.2) is 9.59 Å². The minimum atomic E-state index is -0.286. The third kappa shape index (κ3) is 30.0. The first-order chi connectivity index (χ1) is 15.0. The molecule has 9 N–H and O–H groups in total. The second-order valence-electron chi connectivity index (χ2n) is 5.88. The van der Waals surface area contributed by atoms with Crippen LogP contribution in [0.3, 0.4) is 0 Å². The molecule has 2 aliphatic rings. The Hall–Kier alpha value is -2.28. The molecule has 13 nitrogen and oxygen atoms in total. The number of nitrogens with zero attached hydrogens (tertiary/aromatic N) is 1. The SMILES string of the molecule is NCCCO.NCCCO.O=C1NCCCN1CCCO.O=C1NCCCO1.O=C=O. The molecule has 0 aromatic heterocycles. The standard InChI is InChI=1S/C7H14N2O2.C4H7NO2.2C3H9NO.CO2/c10-6-2-5-9-4-1-3-8-7(9)11;6-4-5-2-1-3-7-4;2*4-2-1-3-5;2-1-3/h10H,1-6H2,(H,8,11);1-3H2,(H,5,6);2*5H,1-4H2;. The number of urea groups is 1. The van der Waals surface area contributed by atoms with E-state index in [9.17, 15) is 9.59 Å². The van der Waals surface area contributed by atoms with Gasteiger partial charge in [-0.2, -0.15) is 9.59 Å². The number of nitrogens with two attached hydrogens (primary N) is 2. The maximum Gasteiger partial charge on any atom is 0.407 e. The molecule has 2 heterocycles. The fourth-order valence-electron chi connectivity index (χ4n) is 1.81. The van der Waals surface area contributed by atoms with Gasteiger partial charge in [0.15, 0.2) is 0 Å². The first-order valence-electron chi connectivity index (χ1n) is 10.1. The van der Waals surface area contributed by atoms with Crippen LogP contribution in [0.2, 0.25) is 0 Å². The third-order valence-corrected chi connectivity index (χ3v) is 3.30. The number of carbonyl (C=O) groups is 2. The summed E-state index contributed by atoms with van der Waals surface area (Å²) in [4.78, 5) is 39.1. The Balaban J connectivity index is -0.000000342. The van der Waals surface area contributed by atoms with E-state index in [2.05, 4.69) is 15.4 Å². The van der Waals surface area contributed by atoms with Crippen molar-refractivity contribution >= 4 is 18.3 Å². The van der Waals surface area contributed by atoms with Gasteiger partial charge in [0, 0.05) is 46.0 Å². The van der Waals surface area contributed by atoms with E-state index in [4.69, 9.17) is 36.4 Å². The lowest BCUT2D eigenvalue weighted by molar-refractivity contribution is -0.191. The number of rotatable bonds is 7. The second kappa shape index (κ2) is 29.9. The molecule has 2 fully saturated rings. The van der Waals surface area contributed by atoms with Crippen LogP contribution in [0, 0.1) is 0 Å². The molecule has 0 unspecified atom stereocenters. The number of hydrogen-bond donors (Lipinski definition) is 7. The third-order valence-electron chi connectivity index (χ3n) is 3.30. The molecule has 0 radical (unpaired) electrons. The van der Waals surface area contributed by atoms with Crippen molar-refractivity contribution in [3.63, 3.8) is 0 Å². The highest BCUT2D eigenvalue weighted by atomic mass is 16.5. The number of ether oxygens (including phenoxy) is 1. The molecule has 0 saturated carbocycles. The zero-order valence-electron chi connectivity index (χ0n) is 18.1. The second-order valence-corrected chi connectivity index (χ2v) is 5.88. The Labute approximate surface area is 183 Å². The number of aliphatic hydroxyl groups is 3. The Morgan fingerprint density at radius 3 is 1.71 bits per heavy atom. The highest BCUT2D eigenvalue weighted by Gasteiger charge is 2.15. The van der Waals surface area contributed by atoms with Crippen molar-refractivity contribution in [1.82, 2.24) is 15.5 Å². The summed E-state index contributed by atoms with van der Waals surface area (Å²) in [6.07, 6.45) is 4.03. The van der Waals surface area contributed by atoms with Gasteiger partial charge in [-0.3, -0.25) is 0 Å². The van der Waals surface area contributed by atoms with E-state index in [1.807, 2.05) is 0 Å². The molecule has 0 aromatic carbocycles. The molecule has 0 atom stereocenters. The summed E-state index contributed by atoms with van der Waals surface area (Å²) in [6.45, 7) is 5.40. The summed E-state index contributed by atoms with van der Waals surface area (Å²) in [5, 5.41) is 29.8. The molecular formula is C18H39N5O8. The predicted octanol–water partition coefficient (Wildman–Crippen LogP) is -2.03. The summed E-state index contributed by atoms with van der Waals surface area (Å²) >= 11 is 0. The van der Waals surface area contributed by atoms with Crippen LogP contribution < -0.4 is 22.1 Å². The van der Waals surface area contributed by atoms with Crippen LogP contribution in [0.1, 0.15) is 32.1 Å². The number of carbonyl (C=O) groups excluding carboxylic acids is 4. The van der Waals surface area contributed by atoms with Gasteiger partial charge in [-0.05, 0) is 45.2 Å². The van der Waals surface area contributed by atoms with E-state index in [0.717, 1.165) is 45.3 Å². The fourth-order valence-corrected chi connectivity index (χ4v) is 1.81. The molecule has 2 saturated heterocycles. The van der Waals surface area contributed by atoms with Gasteiger partial charge in [0.1, 0.15) is 0 Å². The van der Waals surface area contributed by atoms with Crippen molar-refractivity contribution < 1.29 is 39.2 Å². The number of aliphatic hydroxyl groups excluding tert-OH is 3. The molecule has 2 rings (SSSR count). The van der Waals surface area contributed by atoms with Crippen molar-refractivity contribution in [3.8, 4) is 0 Å². The minimum absolute atomic E-state index is 0.00435. The molecule has 0 bridgehead atoms. The smallest absolute Gasteiger partial charge is 0.407 e. The van der Waals surface area contributed by atoms with Crippen molar-refractivity contribution in [2.75, 3.05) is 65.7 Å². The van der Waals surface area contributed by atoms with Crippen molar-refractivity contribution in [2.24, 2.45) is 11.5 Å². The monoisotopic (exact) mass is 453 g/mol. The Bertz CT molecular complexity index is 419. The highest BCUT2D eigenvalue weighted by Crippen LogP contribution is 1.99. The van der Waals surface area contributed by atoms with E-state index < -0.39 is 0 Å². The van der Waals surface area contributed by atoms with Crippen molar-refractivity contribution in [2.45, 2.75) is 32.1 Å². The average molecular weight is 454 g/mol. The van der Waals surface area contributed by atoms with E-state index in [1.165, 1.54) is 0 Å². The first-order valence-corrected chi connectivity index (χ1v) is 10.1. The van der Waals surface area contributed by atoms with E-state index >= 15 is 0 Å². The van der Waals surface area contributed by atoms with Crippen LogP contribution in [0.4, 0.5) is 9.59 Å². The Kier molecular flexibility index (Phi) is 32.2. The summed E-state index contributed by atoms with van der Waals surface area (Å²) in [5.41, 5.74) is 9.96. The quantitative estimate of drug-likeness (QED) is 0.224. The zero-order valence-corrected chi connectivity index (χ0v) is 18.1. The summed E-state index contributed by atoms with van der Waals surface area (Å²) in [6, 6.07) is 0.00435. The van der Waals surface area contributed by atoms with Gasteiger partial charge in [0.2, 0.25) is 0 Å². The maximum atomic E-state index is 11.0. The molecule has 31 heavy (non-hydrogen) atoms. The normalized spacial score (nSPS) is 14.0. The van der Waals surface area contributed by atoms with Crippen molar-refractivity contribution in [3.05, 3.63) is 0 Å². The highest BCUT2D eigenvalue weighted by molar-refractivity contribution is 5.74. The van der Waals surface area contributed by atoms with Crippen LogP contribution in [-0.4, -0.2) is 104 Å². The lowest BCUT2D eigenvalue weighted by Crippen LogP contribution is -2.46. The van der Waals surface area contributed by atoms with Crippen LogP contribution in [-0.2, 0) is 14.3 Å². The van der Waals surface area contributed by atoms with Crippen LogP contribution in [0.5, 0.6) is 0 Å².